The molecule has 5 heteroatoms. The molecule has 0 aliphatic carbocycles. The Hall–Kier alpha value is -2.11. The summed E-state index contributed by atoms with van der Waals surface area (Å²) in [6.45, 7) is 0. The molecule has 0 radical (unpaired) electrons. The Bertz CT molecular complexity index is 987. The summed E-state index contributed by atoms with van der Waals surface area (Å²) in [6, 6.07) is 17.0. The molecule has 0 saturated heterocycles. The van der Waals surface area contributed by atoms with Gasteiger partial charge in [0.2, 0.25) is 0 Å². The van der Waals surface area contributed by atoms with Gasteiger partial charge in [0.25, 0.3) is 0 Å². The Morgan fingerprint density at radius 2 is 1.91 bits per heavy atom. The third kappa shape index (κ3) is 2.53. The average molecular weight is 325 g/mol. The molecule has 3 nitrogen and oxygen atoms in total. The van der Waals surface area contributed by atoms with Gasteiger partial charge in [-0.05, 0) is 24.3 Å². The van der Waals surface area contributed by atoms with Crippen LogP contribution in [0.15, 0.2) is 68.1 Å². The third-order valence-corrected chi connectivity index (χ3v) is 5.50. The van der Waals surface area contributed by atoms with E-state index in [-0.39, 0.29) is 5.43 Å². The molecule has 0 unspecified atom stereocenters. The van der Waals surface area contributed by atoms with Crippen molar-refractivity contribution in [1.29, 1.82) is 0 Å². The first-order valence-electron chi connectivity index (χ1n) is 6.80. The number of thioether (sulfide) groups is 1. The van der Waals surface area contributed by atoms with Gasteiger partial charge in [-0.2, -0.15) is 0 Å². The smallest absolute Gasteiger partial charge is 0.192 e. The zero-order valence-electron chi connectivity index (χ0n) is 11.5. The van der Waals surface area contributed by atoms with Gasteiger partial charge in [-0.25, -0.2) is 4.98 Å². The second kappa shape index (κ2) is 5.59. The maximum Gasteiger partial charge on any atom is 0.192 e. The predicted molar refractivity (Wildman–Crippen MR) is 91.7 cm³/mol. The monoisotopic (exact) mass is 325 g/mol. The van der Waals surface area contributed by atoms with E-state index in [1.165, 1.54) is 4.70 Å². The zero-order valence-corrected chi connectivity index (χ0v) is 13.1. The van der Waals surface area contributed by atoms with Crippen LogP contribution < -0.4 is 5.43 Å². The maximum absolute atomic E-state index is 12.1. The van der Waals surface area contributed by atoms with Gasteiger partial charge in [-0.3, -0.25) is 4.79 Å². The fourth-order valence-electron chi connectivity index (χ4n) is 2.27. The van der Waals surface area contributed by atoms with Crippen LogP contribution in [-0.2, 0) is 5.75 Å². The summed E-state index contributed by atoms with van der Waals surface area (Å²) < 4.78 is 7.95. The summed E-state index contributed by atoms with van der Waals surface area (Å²) in [5.74, 6) is 1.27. The molecule has 0 bridgehead atoms. The number of para-hydroxylation sites is 2. The highest BCUT2D eigenvalue weighted by Gasteiger charge is 2.08. The van der Waals surface area contributed by atoms with E-state index in [9.17, 15) is 4.79 Å². The lowest BCUT2D eigenvalue weighted by atomic mass is 10.2. The van der Waals surface area contributed by atoms with Crippen LogP contribution in [0, 0.1) is 0 Å². The van der Waals surface area contributed by atoms with Gasteiger partial charge in [0.15, 0.2) is 9.77 Å². The molecule has 0 saturated carbocycles. The molecule has 0 spiro atoms. The van der Waals surface area contributed by atoms with Crippen LogP contribution in [0.2, 0.25) is 0 Å². The first-order chi connectivity index (χ1) is 10.8. The van der Waals surface area contributed by atoms with Gasteiger partial charge in [-0.1, -0.05) is 36.0 Å². The largest absolute Gasteiger partial charge is 0.460 e. The Morgan fingerprint density at radius 1 is 1.09 bits per heavy atom. The molecular weight excluding hydrogens is 314 g/mol. The highest BCUT2D eigenvalue weighted by atomic mass is 32.2. The van der Waals surface area contributed by atoms with Crippen molar-refractivity contribution in [2.75, 3.05) is 0 Å². The maximum atomic E-state index is 12.1. The SMILES string of the molecule is O=c1cc(CSc2nc3ccccc3s2)oc2ccccc12. The number of nitrogens with zero attached hydrogens (tertiary/aromatic N) is 1. The highest BCUT2D eigenvalue weighted by Crippen LogP contribution is 2.31. The minimum atomic E-state index is 0.00162. The van der Waals surface area contributed by atoms with Crippen molar-refractivity contribution in [3.8, 4) is 0 Å². The number of thiazole rings is 1. The lowest BCUT2D eigenvalue weighted by molar-refractivity contribution is 0.560. The Balaban J connectivity index is 1.62. The predicted octanol–water partition coefficient (Wildman–Crippen LogP) is 4.70. The first-order valence-corrected chi connectivity index (χ1v) is 8.60. The van der Waals surface area contributed by atoms with Crippen molar-refractivity contribution in [3.63, 3.8) is 0 Å². The standard InChI is InChI=1S/C17H11NO2S2/c19-14-9-11(20-15-7-3-1-5-12(14)15)10-21-17-18-13-6-2-4-8-16(13)22-17/h1-9H,10H2. The molecule has 0 atom stereocenters. The summed E-state index contributed by atoms with van der Waals surface area (Å²) in [5, 5.41) is 0.622. The molecule has 0 aliphatic heterocycles. The Labute approximate surface area is 134 Å². The second-order valence-electron chi connectivity index (χ2n) is 4.81. The molecule has 2 aromatic carbocycles. The van der Waals surface area contributed by atoms with Gasteiger partial charge >= 0.3 is 0 Å². The van der Waals surface area contributed by atoms with E-state index in [2.05, 4.69) is 11.1 Å². The molecule has 0 amide bonds. The van der Waals surface area contributed by atoms with Crippen molar-refractivity contribution in [2.24, 2.45) is 0 Å². The van der Waals surface area contributed by atoms with Crippen LogP contribution in [0.3, 0.4) is 0 Å². The van der Waals surface area contributed by atoms with E-state index < -0.39 is 0 Å². The van der Waals surface area contributed by atoms with Gasteiger partial charge < -0.3 is 4.42 Å². The van der Waals surface area contributed by atoms with Crippen LogP contribution in [0.1, 0.15) is 5.76 Å². The fraction of sp³-hybridized carbons (Fsp3) is 0.0588. The number of aromatic nitrogens is 1. The van der Waals surface area contributed by atoms with Crippen molar-refractivity contribution < 1.29 is 4.42 Å². The van der Waals surface area contributed by atoms with E-state index >= 15 is 0 Å². The normalized spacial score (nSPS) is 11.3. The Kier molecular flexibility index (Phi) is 3.44. The third-order valence-electron chi connectivity index (χ3n) is 3.30. The summed E-state index contributed by atoms with van der Waals surface area (Å²) in [6.07, 6.45) is 0. The number of hydrogen-bond donors (Lipinski definition) is 0. The minimum Gasteiger partial charge on any atom is -0.460 e. The second-order valence-corrected chi connectivity index (χ2v) is 7.06. The molecule has 2 heterocycles. The molecule has 2 aromatic heterocycles. The fourth-order valence-corrected chi connectivity index (χ4v) is 4.22. The van der Waals surface area contributed by atoms with Crippen molar-refractivity contribution in [3.05, 3.63) is 70.6 Å². The molecule has 4 aromatic rings. The number of fused-ring (bicyclic) bond motifs is 2. The van der Waals surface area contributed by atoms with Crippen molar-refractivity contribution in [2.45, 2.75) is 10.1 Å². The summed E-state index contributed by atoms with van der Waals surface area (Å²) in [5.41, 5.74) is 1.65. The number of benzene rings is 2. The van der Waals surface area contributed by atoms with Crippen LogP contribution in [0.4, 0.5) is 0 Å². The van der Waals surface area contributed by atoms with Crippen LogP contribution >= 0.6 is 23.1 Å². The lowest BCUT2D eigenvalue weighted by Gasteiger charge is -2.01. The van der Waals surface area contributed by atoms with Crippen LogP contribution in [0.25, 0.3) is 21.2 Å². The lowest BCUT2D eigenvalue weighted by Crippen LogP contribution is -2.01. The minimum absolute atomic E-state index is 0.00162. The molecule has 0 N–H and O–H groups in total. The van der Waals surface area contributed by atoms with Crippen LogP contribution in [0.5, 0.6) is 0 Å². The van der Waals surface area contributed by atoms with Crippen molar-refractivity contribution >= 4 is 44.3 Å². The summed E-state index contributed by atoms with van der Waals surface area (Å²) in [7, 11) is 0. The first kappa shape index (κ1) is 13.5. The van der Waals surface area contributed by atoms with Gasteiger partial charge in [-0.15, -0.1) is 11.3 Å². The van der Waals surface area contributed by atoms with E-state index in [1.807, 2.05) is 36.4 Å². The van der Waals surface area contributed by atoms with Gasteiger partial charge in [0.05, 0.1) is 21.4 Å². The quantitative estimate of drug-likeness (QED) is 0.512. The summed E-state index contributed by atoms with van der Waals surface area (Å²) >= 11 is 3.25. The molecule has 22 heavy (non-hydrogen) atoms. The number of hydrogen-bond acceptors (Lipinski definition) is 5. The molecule has 108 valence electrons. The summed E-state index contributed by atoms with van der Waals surface area (Å²) in [4.78, 5) is 16.6. The van der Waals surface area contributed by atoms with Crippen molar-refractivity contribution in [1.82, 2.24) is 4.98 Å². The molecule has 0 fully saturated rings. The average Bonchev–Trinajstić information content (AvgIpc) is 2.96. The van der Waals surface area contributed by atoms with E-state index in [0.717, 1.165) is 9.86 Å². The molecule has 0 aliphatic rings. The zero-order chi connectivity index (χ0) is 14.9. The topological polar surface area (TPSA) is 43.1 Å². The molecular formula is C17H11NO2S2. The molecule has 4 rings (SSSR count). The van der Waals surface area contributed by atoms with E-state index in [1.54, 1.807) is 35.2 Å². The van der Waals surface area contributed by atoms with Crippen LogP contribution in [-0.4, -0.2) is 4.98 Å². The van der Waals surface area contributed by atoms with E-state index in [4.69, 9.17) is 4.42 Å². The Morgan fingerprint density at radius 3 is 2.82 bits per heavy atom. The van der Waals surface area contributed by atoms with E-state index in [0.29, 0.717) is 22.5 Å². The van der Waals surface area contributed by atoms with Gasteiger partial charge in [0.1, 0.15) is 11.3 Å². The number of rotatable bonds is 3. The van der Waals surface area contributed by atoms with Gasteiger partial charge in [0, 0.05) is 6.07 Å². The highest BCUT2D eigenvalue weighted by molar-refractivity contribution is 8.00.